The highest BCUT2D eigenvalue weighted by atomic mass is 35.5. The standard InChI is InChI=1S/C17H18ClN5O2S/c1-3-22-8-11(18)14(20-22)15(24)21-23-9(2)19-16-13(17(23)25)10-6-4-5-7-12(10)26-16/h8H,3-7H2,1-2H3,(H,21,24). The Kier molecular flexibility index (Phi) is 4.32. The van der Waals surface area contributed by atoms with Crippen LogP contribution in [0, 0.1) is 6.92 Å². The van der Waals surface area contributed by atoms with Crippen molar-refractivity contribution >= 4 is 39.1 Å². The van der Waals surface area contributed by atoms with Crippen LogP contribution in [0.5, 0.6) is 0 Å². The van der Waals surface area contributed by atoms with Gasteiger partial charge in [-0.1, -0.05) is 11.6 Å². The monoisotopic (exact) mass is 391 g/mol. The lowest BCUT2D eigenvalue weighted by atomic mass is 9.97. The van der Waals surface area contributed by atoms with Gasteiger partial charge >= 0.3 is 0 Å². The van der Waals surface area contributed by atoms with Gasteiger partial charge in [-0.05, 0) is 45.1 Å². The first-order chi connectivity index (χ1) is 12.5. The molecule has 4 rings (SSSR count). The van der Waals surface area contributed by atoms with Crippen molar-refractivity contribution in [2.75, 3.05) is 5.43 Å². The minimum atomic E-state index is -0.530. The first-order valence-corrected chi connectivity index (χ1v) is 9.77. The van der Waals surface area contributed by atoms with Crippen LogP contribution in [0.4, 0.5) is 0 Å². The third kappa shape index (κ3) is 2.73. The molecule has 1 amide bonds. The largest absolute Gasteiger partial charge is 0.292 e. The molecule has 26 heavy (non-hydrogen) atoms. The van der Waals surface area contributed by atoms with Gasteiger partial charge in [-0.2, -0.15) is 5.10 Å². The fourth-order valence-electron chi connectivity index (χ4n) is 3.31. The van der Waals surface area contributed by atoms with Crippen LogP contribution in [0.25, 0.3) is 10.2 Å². The molecule has 0 saturated carbocycles. The van der Waals surface area contributed by atoms with Crippen molar-refractivity contribution in [3.05, 3.63) is 43.5 Å². The molecule has 9 heteroatoms. The minimum absolute atomic E-state index is 0.0901. The zero-order valence-corrected chi connectivity index (χ0v) is 16.1. The highest BCUT2D eigenvalue weighted by molar-refractivity contribution is 7.18. The van der Waals surface area contributed by atoms with Crippen LogP contribution in [0.2, 0.25) is 5.02 Å². The number of nitrogens with zero attached hydrogens (tertiary/aromatic N) is 4. The van der Waals surface area contributed by atoms with Crippen molar-refractivity contribution in [3.63, 3.8) is 0 Å². The summed E-state index contributed by atoms with van der Waals surface area (Å²) in [6.45, 7) is 4.20. The molecule has 3 aromatic heterocycles. The molecule has 0 atom stereocenters. The molecule has 0 unspecified atom stereocenters. The van der Waals surface area contributed by atoms with Gasteiger partial charge in [-0.3, -0.25) is 19.7 Å². The molecule has 0 spiro atoms. The molecular formula is C17H18ClN5O2S. The molecule has 1 aliphatic rings. The molecule has 1 aliphatic carbocycles. The maximum absolute atomic E-state index is 13.1. The number of rotatable bonds is 3. The van der Waals surface area contributed by atoms with Crippen LogP contribution in [0.15, 0.2) is 11.0 Å². The summed E-state index contributed by atoms with van der Waals surface area (Å²) in [5.41, 5.74) is 3.54. The Morgan fingerprint density at radius 3 is 2.88 bits per heavy atom. The lowest BCUT2D eigenvalue weighted by Crippen LogP contribution is -2.36. The maximum atomic E-state index is 13.1. The molecule has 0 bridgehead atoms. The van der Waals surface area contributed by atoms with E-state index in [1.807, 2.05) is 6.92 Å². The summed E-state index contributed by atoms with van der Waals surface area (Å²) in [6.07, 6.45) is 5.68. The Bertz CT molecular complexity index is 1080. The van der Waals surface area contributed by atoms with Crippen LogP contribution >= 0.6 is 22.9 Å². The van der Waals surface area contributed by atoms with E-state index in [0.717, 1.165) is 36.1 Å². The summed E-state index contributed by atoms with van der Waals surface area (Å²) in [7, 11) is 0. The van der Waals surface area contributed by atoms with Crippen LogP contribution in [-0.4, -0.2) is 25.3 Å². The van der Waals surface area contributed by atoms with Crippen molar-refractivity contribution in [1.82, 2.24) is 19.4 Å². The summed E-state index contributed by atoms with van der Waals surface area (Å²) < 4.78 is 2.77. The second-order valence-electron chi connectivity index (χ2n) is 6.31. The SMILES string of the molecule is CCn1cc(Cl)c(C(=O)Nn2c(C)nc3sc4c(c3c2=O)CCCC4)n1. The molecule has 0 saturated heterocycles. The highest BCUT2D eigenvalue weighted by Gasteiger charge is 2.23. The molecule has 0 aliphatic heterocycles. The fraction of sp³-hybridized carbons (Fsp3) is 0.412. The molecule has 0 fully saturated rings. The third-order valence-electron chi connectivity index (χ3n) is 4.63. The van der Waals surface area contributed by atoms with Gasteiger partial charge in [0.1, 0.15) is 10.7 Å². The molecule has 0 aromatic carbocycles. The number of fused-ring (bicyclic) bond motifs is 3. The van der Waals surface area contributed by atoms with E-state index in [4.69, 9.17) is 11.6 Å². The number of aryl methyl sites for hydroxylation is 4. The first kappa shape index (κ1) is 17.2. The summed E-state index contributed by atoms with van der Waals surface area (Å²) in [5.74, 6) is -0.0989. The van der Waals surface area contributed by atoms with Crippen molar-refractivity contribution in [2.24, 2.45) is 0 Å². The Labute approximate surface area is 158 Å². The topological polar surface area (TPSA) is 81.8 Å². The second-order valence-corrected chi connectivity index (χ2v) is 7.80. The second kappa shape index (κ2) is 6.51. The summed E-state index contributed by atoms with van der Waals surface area (Å²) >= 11 is 7.68. The first-order valence-electron chi connectivity index (χ1n) is 8.57. The van der Waals surface area contributed by atoms with Gasteiger partial charge in [-0.25, -0.2) is 9.66 Å². The van der Waals surface area contributed by atoms with E-state index in [-0.39, 0.29) is 16.3 Å². The molecule has 0 radical (unpaired) electrons. The number of carbonyl (C=O) groups excluding carboxylic acids is 1. The number of aromatic nitrogens is 4. The van der Waals surface area contributed by atoms with Crippen molar-refractivity contribution in [2.45, 2.75) is 46.1 Å². The predicted molar refractivity (Wildman–Crippen MR) is 102 cm³/mol. The van der Waals surface area contributed by atoms with Gasteiger partial charge in [0.25, 0.3) is 11.5 Å². The quantitative estimate of drug-likeness (QED) is 0.744. The summed E-state index contributed by atoms with van der Waals surface area (Å²) in [6, 6.07) is 0. The van der Waals surface area contributed by atoms with Gasteiger partial charge in [0.05, 0.1) is 10.4 Å². The number of thiophene rings is 1. The molecule has 7 nitrogen and oxygen atoms in total. The summed E-state index contributed by atoms with van der Waals surface area (Å²) in [5, 5.41) is 5.02. The van der Waals surface area contributed by atoms with Crippen molar-refractivity contribution in [3.8, 4) is 0 Å². The average Bonchev–Trinajstić information content (AvgIpc) is 3.18. The third-order valence-corrected chi connectivity index (χ3v) is 6.09. The van der Waals surface area contributed by atoms with Gasteiger partial charge in [0.15, 0.2) is 5.69 Å². The van der Waals surface area contributed by atoms with Crippen LogP contribution < -0.4 is 11.0 Å². The number of carbonyl (C=O) groups is 1. The van der Waals surface area contributed by atoms with Gasteiger partial charge < -0.3 is 0 Å². The zero-order valence-electron chi connectivity index (χ0n) is 14.5. The number of nitrogens with one attached hydrogen (secondary N) is 1. The normalized spacial score (nSPS) is 13.8. The smallest absolute Gasteiger partial charge is 0.271 e. The maximum Gasteiger partial charge on any atom is 0.292 e. The fourth-order valence-corrected chi connectivity index (χ4v) is 4.84. The van der Waals surface area contributed by atoms with Crippen LogP contribution in [-0.2, 0) is 19.4 Å². The molecule has 1 N–H and O–H groups in total. The number of hydrogen-bond donors (Lipinski definition) is 1. The Morgan fingerprint density at radius 2 is 2.15 bits per heavy atom. The Morgan fingerprint density at radius 1 is 1.38 bits per heavy atom. The summed E-state index contributed by atoms with van der Waals surface area (Å²) in [4.78, 5) is 32.2. The van der Waals surface area contributed by atoms with E-state index in [2.05, 4.69) is 15.5 Å². The highest BCUT2D eigenvalue weighted by Crippen LogP contribution is 2.33. The lowest BCUT2D eigenvalue weighted by molar-refractivity contribution is 0.100. The van der Waals surface area contributed by atoms with Gasteiger partial charge in [-0.15, -0.1) is 11.3 Å². The molecule has 136 valence electrons. The van der Waals surface area contributed by atoms with Crippen LogP contribution in [0.3, 0.4) is 0 Å². The number of hydrogen-bond acceptors (Lipinski definition) is 5. The Hall–Kier alpha value is -2.19. The predicted octanol–water partition coefficient (Wildman–Crippen LogP) is 2.90. The van der Waals surface area contributed by atoms with E-state index in [9.17, 15) is 9.59 Å². The van der Waals surface area contributed by atoms with E-state index in [1.54, 1.807) is 29.1 Å². The molecule has 3 aromatic rings. The van der Waals surface area contributed by atoms with E-state index in [0.29, 0.717) is 17.8 Å². The lowest BCUT2D eigenvalue weighted by Gasteiger charge is -2.12. The number of amides is 1. The average molecular weight is 392 g/mol. The van der Waals surface area contributed by atoms with E-state index < -0.39 is 5.91 Å². The molecular weight excluding hydrogens is 374 g/mol. The molecule has 3 heterocycles. The van der Waals surface area contributed by atoms with Crippen molar-refractivity contribution in [1.29, 1.82) is 0 Å². The minimum Gasteiger partial charge on any atom is -0.271 e. The Balaban J connectivity index is 1.77. The zero-order chi connectivity index (χ0) is 18.4. The van der Waals surface area contributed by atoms with E-state index in [1.165, 1.54) is 9.55 Å². The van der Waals surface area contributed by atoms with Crippen molar-refractivity contribution < 1.29 is 4.79 Å². The number of halogens is 1. The van der Waals surface area contributed by atoms with E-state index >= 15 is 0 Å². The van der Waals surface area contributed by atoms with Gasteiger partial charge in [0, 0.05) is 17.6 Å². The van der Waals surface area contributed by atoms with Crippen LogP contribution in [0.1, 0.15) is 46.5 Å². The van der Waals surface area contributed by atoms with Gasteiger partial charge in [0.2, 0.25) is 0 Å².